The number of piperidine rings is 1. The standard InChI is InChI=1S/C18H29N5/c19-16-3-1-15(2-4-16)11-22-9-6-18(7-10-22)12-23(13-18)17-5-8-20-14-21-17/h5,8,14-16H,1-4,6-7,9-13,19H2/i5D. The van der Waals surface area contributed by atoms with Crippen LogP contribution in [0.25, 0.3) is 0 Å². The van der Waals surface area contributed by atoms with Crippen molar-refractivity contribution in [3.05, 3.63) is 18.6 Å². The van der Waals surface area contributed by atoms with Crippen LogP contribution in [0.4, 0.5) is 5.82 Å². The number of hydrogen-bond acceptors (Lipinski definition) is 5. The average molecular weight is 316 g/mol. The number of nitrogens with zero attached hydrogens (tertiary/aromatic N) is 4. The van der Waals surface area contributed by atoms with E-state index in [1.54, 1.807) is 12.5 Å². The van der Waals surface area contributed by atoms with Crippen molar-refractivity contribution in [1.82, 2.24) is 14.9 Å². The molecule has 23 heavy (non-hydrogen) atoms. The fourth-order valence-electron chi connectivity index (χ4n) is 4.60. The van der Waals surface area contributed by atoms with E-state index < -0.39 is 0 Å². The topological polar surface area (TPSA) is 58.3 Å². The van der Waals surface area contributed by atoms with Crippen molar-refractivity contribution in [3.63, 3.8) is 0 Å². The van der Waals surface area contributed by atoms with Crippen molar-refractivity contribution in [3.8, 4) is 0 Å². The first-order valence-corrected chi connectivity index (χ1v) is 9.13. The summed E-state index contributed by atoms with van der Waals surface area (Å²) in [4.78, 5) is 13.1. The molecule has 3 fully saturated rings. The van der Waals surface area contributed by atoms with Crippen LogP contribution in [0, 0.1) is 11.3 Å². The SMILES string of the molecule is [2H]c1cncnc1N1CC2(CCN(CC3CCC(N)CC3)CC2)C1. The summed E-state index contributed by atoms with van der Waals surface area (Å²) in [5.74, 6) is 1.67. The zero-order valence-corrected chi connectivity index (χ0v) is 14.0. The third-order valence-electron chi connectivity index (χ3n) is 6.19. The highest BCUT2D eigenvalue weighted by Gasteiger charge is 2.45. The second kappa shape index (κ2) is 6.36. The van der Waals surface area contributed by atoms with Gasteiger partial charge in [-0.25, -0.2) is 9.97 Å². The van der Waals surface area contributed by atoms with E-state index in [-0.39, 0.29) is 0 Å². The lowest BCUT2D eigenvalue weighted by molar-refractivity contribution is 0.0622. The van der Waals surface area contributed by atoms with Gasteiger partial charge in [0.25, 0.3) is 0 Å². The Bertz CT molecular complexity index is 556. The smallest absolute Gasteiger partial charge is 0.131 e. The summed E-state index contributed by atoms with van der Waals surface area (Å²) in [6.07, 6.45) is 10.8. The van der Waals surface area contributed by atoms with Gasteiger partial charge in [-0.15, -0.1) is 0 Å². The van der Waals surface area contributed by atoms with Gasteiger partial charge >= 0.3 is 0 Å². The van der Waals surface area contributed by atoms with Crippen molar-refractivity contribution in [1.29, 1.82) is 0 Å². The van der Waals surface area contributed by atoms with E-state index in [0.29, 0.717) is 17.5 Å². The first-order chi connectivity index (χ1) is 11.6. The third kappa shape index (κ3) is 3.36. The van der Waals surface area contributed by atoms with Gasteiger partial charge in [0.05, 0.1) is 1.37 Å². The maximum atomic E-state index is 7.95. The molecule has 0 amide bonds. The molecule has 2 saturated heterocycles. The van der Waals surface area contributed by atoms with Gasteiger partial charge in [-0.2, -0.15) is 0 Å². The molecule has 0 unspecified atom stereocenters. The molecule has 2 aliphatic heterocycles. The summed E-state index contributed by atoms with van der Waals surface area (Å²) in [5, 5.41) is 0. The number of aromatic nitrogens is 2. The van der Waals surface area contributed by atoms with Gasteiger partial charge in [0.15, 0.2) is 0 Å². The van der Waals surface area contributed by atoms with Crippen molar-refractivity contribution >= 4 is 5.82 Å². The highest BCUT2D eigenvalue weighted by Crippen LogP contribution is 2.42. The van der Waals surface area contributed by atoms with Crippen LogP contribution in [0.15, 0.2) is 18.6 Å². The predicted molar refractivity (Wildman–Crippen MR) is 92.3 cm³/mol. The Morgan fingerprint density at radius 1 is 1.22 bits per heavy atom. The maximum absolute atomic E-state index is 7.95. The molecule has 126 valence electrons. The monoisotopic (exact) mass is 316 g/mol. The highest BCUT2D eigenvalue weighted by molar-refractivity contribution is 5.41. The van der Waals surface area contributed by atoms with E-state index in [4.69, 9.17) is 7.10 Å². The van der Waals surface area contributed by atoms with Crippen LogP contribution in [-0.4, -0.2) is 53.6 Å². The molecule has 3 heterocycles. The van der Waals surface area contributed by atoms with Crippen LogP contribution in [0.2, 0.25) is 0 Å². The van der Waals surface area contributed by atoms with E-state index in [1.165, 1.54) is 58.2 Å². The fourth-order valence-corrected chi connectivity index (χ4v) is 4.60. The van der Waals surface area contributed by atoms with Crippen molar-refractivity contribution in [2.45, 2.75) is 44.6 Å². The quantitative estimate of drug-likeness (QED) is 0.923. The van der Waals surface area contributed by atoms with E-state index in [0.717, 1.165) is 24.8 Å². The van der Waals surface area contributed by atoms with Crippen molar-refractivity contribution in [2.24, 2.45) is 17.1 Å². The van der Waals surface area contributed by atoms with Crippen molar-refractivity contribution in [2.75, 3.05) is 37.6 Å². The second-order valence-corrected chi connectivity index (χ2v) is 7.93. The van der Waals surface area contributed by atoms with Crippen LogP contribution in [0.3, 0.4) is 0 Å². The molecular formula is C18H29N5. The number of nitrogens with two attached hydrogens (primary N) is 1. The van der Waals surface area contributed by atoms with Gasteiger partial charge in [0.2, 0.25) is 0 Å². The summed E-state index contributed by atoms with van der Waals surface area (Å²) in [5.41, 5.74) is 6.48. The molecule has 5 nitrogen and oxygen atoms in total. The van der Waals surface area contributed by atoms with Crippen LogP contribution in [0.1, 0.15) is 39.9 Å². The molecule has 0 aromatic carbocycles. The molecule has 3 aliphatic rings. The second-order valence-electron chi connectivity index (χ2n) is 7.93. The normalized spacial score (nSPS) is 31.7. The van der Waals surface area contributed by atoms with Crippen LogP contribution < -0.4 is 10.6 Å². The zero-order chi connectivity index (χ0) is 16.6. The van der Waals surface area contributed by atoms with Gasteiger partial charge in [-0.3, -0.25) is 0 Å². The minimum absolute atomic E-state index is 0.445. The number of hydrogen-bond donors (Lipinski definition) is 1. The molecular weight excluding hydrogens is 286 g/mol. The number of likely N-dealkylation sites (tertiary alicyclic amines) is 1. The van der Waals surface area contributed by atoms with Crippen LogP contribution >= 0.6 is 0 Å². The van der Waals surface area contributed by atoms with Gasteiger partial charge < -0.3 is 15.5 Å². The van der Waals surface area contributed by atoms with Gasteiger partial charge in [0.1, 0.15) is 12.1 Å². The molecule has 5 heteroatoms. The fraction of sp³-hybridized carbons (Fsp3) is 0.778. The lowest BCUT2D eigenvalue weighted by atomic mass is 9.71. The minimum atomic E-state index is 0.445. The molecule has 1 saturated carbocycles. The molecule has 0 radical (unpaired) electrons. The van der Waals surface area contributed by atoms with E-state index in [2.05, 4.69) is 19.8 Å². The Hall–Kier alpha value is -1.20. The molecule has 2 N–H and O–H groups in total. The van der Waals surface area contributed by atoms with Gasteiger partial charge in [-0.1, -0.05) is 0 Å². The Labute approximate surface area is 140 Å². The third-order valence-corrected chi connectivity index (χ3v) is 6.19. The lowest BCUT2D eigenvalue weighted by Crippen LogP contribution is -2.61. The first kappa shape index (κ1) is 14.2. The van der Waals surface area contributed by atoms with Gasteiger partial charge in [-0.05, 0) is 63.6 Å². The first-order valence-electron chi connectivity index (χ1n) is 9.63. The molecule has 1 aliphatic carbocycles. The summed E-state index contributed by atoms with van der Waals surface area (Å²) in [6.45, 7) is 5.85. The Balaban J connectivity index is 1.25. The predicted octanol–water partition coefficient (Wildman–Crippen LogP) is 1.90. The molecule has 4 rings (SSSR count). The molecule has 0 atom stereocenters. The summed E-state index contributed by atoms with van der Waals surface area (Å²) in [6, 6.07) is 0.899. The zero-order valence-electron chi connectivity index (χ0n) is 15.0. The van der Waals surface area contributed by atoms with E-state index >= 15 is 0 Å². The number of anilines is 1. The summed E-state index contributed by atoms with van der Waals surface area (Å²) < 4.78 is 7.95. The molecule has 0 bridgehead atoms. The summed E-state index contributed by atoms with van der Waals surface area (Å²) in [7, 11) is 0. The molecule has 1 aromatic heterocycles. The Kier molecular flexibility index (Phi) is 3.92. The van der Waals surface area contributed by atoms with Crippen molar-refractivity contribution < 1.29 is 1.37 Å². The lowest BCUT2D eigenvalue weighted by Gasteiger charge is -2.54. The summed E-state index contributed by atoms with van der Waals surface area (Å²) >= 11 is 0. The van der Waals surface area contributed by atoms with E-state index in [1.807, 2.05) is 0 Å². The number of rotatable bonds is 3. The molecule has 1 aromatic rings. The van der Waals surface area contributed by atoms with E-state index in [9.17, 15) is 0 Å². The highest BCUT2D eigenvalue weighted by atomic mass is 15.3. The maximum Gasteiger partial charge on any atom is 0.131 e. The van der Waals surface area contributed by atoms with Crippen LogP contribution in [0.5, 0.6) is 0 Å². The largest absolute Gasteiger partial charge is 0.355 e. The Morgan fingerprint density at radius 3 is 2.65 bits per heavy atom. The molecule has 1 spiro atoms. The Morgan fingerprint density at radius 2 is 1.96 bits per heavy atom. The van der Waals surface area contributed by atoms with Gasteiger partial charge in [0, 0.05) is 37.3 Å². The minimum Gasteiger partial charge on any atom is -0.355 e. The average Bonchev–Trinajstić information content (AvgIpc) is 2.57. The van der Waals surface area contributed by atoms with Crippen LogP contribution in [-0.2, 0) is 0 Å².